The van der Waals surface area contributed by atoms with E-state index in [4.69, 9.17) is 14.5 Å². The Hall–Kier alpha value is -5.72. The second-order valence-corrected chi connectivity index (χ2v) is 11.3. The Kier molecular flexibility index (Phi) is 8.40. The smallest absolute Gasteiger partial charge is 0.271 e. The fourth-order valence-electron chi connectivity index (χ4n) is 5.16. The molecule has 0 spiro atoms. The van der Waals surface area contributed by atoms with Crippen LogP contribution in [0, 0.1) is 11.3 Å². The Balaban J connectivity index is 1.34. The fourth-order valence-corrected chi connectivity index (χ4v) is 6.21. The van der Waals surface area contributed by atoms with Crippen LogP contribution in [0.5, 0.6) is 11.5 Å². The van der Waals surface area contributed by atoms with Gasteiger partial charge in [0.2, 0.25) is 0 Å². The number of methoxy groups -OCH3 is 1. The van der Waals surface area contributed by atoms with Gasteiger partial charge in [0.15, 0.2) is 4.80 Å². The molecule has 0 fully saturated rings. The van der Waals surface area contributed by atoms with Crippen LogP contribution in [0.2, 0.25) is 0 Å². The molecule has 0 bridgehead atoms. The van der Waals surface area contributed by atoms with E-state index in [1.54, 1.807) is 24.7 Å². The number of nitriles is 1. The third-order valence-electron chi connectivity index (χ3n) is 7.44. The number of amides is 1. The van der Waals surface area contributed by atoms with Gasteiger partial charge < -0.3 is 14.8 Å². The first-order valence-electron chi connectivity index (χ1n) is 14.2. The van der Waals surface area contributed by atoms with E-state index in [2.05, 4.69) is 11.4 Å². The SMILES string of the molecule is COc1ccc([C@H]2C(C(=O)Nc3ccccc3)=C(C)N=c3s/c(=C/c4ccc(OCc5ccccc5C#N)cc4)c(=O)n32)cc1. The van der Waals surface area contributed by atoms with Gasteiger partial charge in [-0.1, -0.05) is 72.0 Å². The van der Waals surface area contributed by atoms with Crippen LogP contribution in [0.25, 0.3) is 6.08 Å². The molecule has 0 saturated heterocycles. The van der Waals surface area contributed by atoms with Gasteiger partial charge in [-0.15, -0.1) is 0 Å². The highest BCUT2D eigenvalue weighted by atomic mass is 32.1. The summed E-state index contributed by atoms with van der Waals surface area (Å²) < 4.78 is 13.3. The van der Waals surface area contributed by atoms with Crippen molar-refractivity contribution in [1.29, 1.82) is 5.26 Å². The number of ether oxygens (including phenoxy) is 2. The molecule has 0 radical (unpaired) electrons. The molecule has 9 heteroatoms. The number of allylic oxidation sites excluding steroid dienone is 1. The summed E-state index contributed by atoms with van der Waals surface area (Å²) >= 11 is 1.28. The van der Waals surface area contributed by atoms with Crippen LogP contribution in [-0.2, 0) is 11.4 Å². The summed E-state index contributed by atoms with van der Waals surface area (Å²) in [6, 6.07) is 32.8. The zero-order valence-electron chi connectivity index (χ0n) is 24.6. The molecule has 45 heavy (non-hydrogen) atoms. The Morgan fingerprint density at radius 3 is 2.38 bits per heavy atom. The fraction of sp³-hybridized carbons (Fsp3) is 0.111. The molecule has 0 saturated carbocycles. The number of anilines is 1. The topological polar surface area (TPSA) is 106 Å². The molecule has 1 aliphatic rings. The van der Waals surface area contributed by atoms with Gasteiger partial charge in [-0.2, -0.15) is 5.26 Å². The van der Waals surface area contributed by atoms with Crippen LogP contribution in [-0.4, -0.2) is 17.6 Å². The van der Waals surface area contributed by atoms with Crippen LogP contribution < -0.4 is 29.7 Å². The number of para-hydroxylation sites is 1. The van der Waals surface area contributed by atoms with Gasteiger partial charge >= 0.3 is 0 Å². The Bertz CT molecular complexity index is 2130. The molecule has 8 nitrogen and oxygen atoms in total. The standard InChI is InChI=1S/C36H28N4O4S/c1-23-32(34(41)39-28-10-4-3-5-11-28)33(25-14-18-29(43-2)19-15-25)40-35(42)31(45-36(40)38-23)20-24-12-16-30(17-13-24)44-22-27-9-7-6-8-26(27)21-37/h3-20,33H,22H2,1-2H3,(H,39,41)/b31-20+/t33-/m0/s1. The Morgan fingerprint density at radius 1 is 0.978 bits per heavy atom. The maximum absolute atomic E-state index is 14.0. The molecular formula is C36H28N4O4S. The van der Waals surface area contributed by atoms with E-state index in [0.29, 0.717) is 43.4 Å². The lowest BCUT2D eigenvalue weighted by atomic mass is 9.95. The van der Waals surface area contributed by atoms with E-state index >= 15 is 0 Å². The van der Waals surface area contributed by atoms with Crippen molar-refractivity contribution >= 4 is 29.0 Å². The third kappa shape index (κ3) is 6.18. The molecule has 0 unspecified atom stereocenters. The summed E-state index contributed by atoms with van der Waals surface area (Å²) in [5.74, 6) is 0.986. The van der Waals surface area contributed by atoms with E-state index in [1.165, 1.54) is 11.3 Å². The minimum absolute atomic E-state index is 0.245. The van der Waals surface area contributed by atoms with E-state index < -0.39 is 6.04 Å². The number of rotatable bonds is 8. The van der Waals surface area contributed by atoms with Crippen molar-refractivity contribution in [3.05, 3.63) is 156 Å². The van der Waals surface area contributed by atoms with Crippen molar-refractivity contribution in [3.8, 4) is 17.6 Å². The third-order valence-corrected chi connectivity index (χ3v) is 8.42. The maximum atomic E-state index is 14.0. The number of carbonyl (C=O) groups excluding carboxylic acids is 1. The van der Waals surface area contributed by atoms with Gasteiger partial charge in [-0.3, -0.25) is 14.2 Å². The summed E-state index contributed by atoms with van der Waals surface area (Å²) in [4.78, 5) is 32.9. The van der Waals surface area contributed by atoms with Crippen molar-refractivity contribution in [2.45, 2.75) is 19.6 Å². The monoisotopic (exact) mass is 612 g/mol. The molecule has 4 aromatic carbocycles. The Labute approximate surface area is 263 Å². The zero-order valence-corrected chi connectivity index (χ0v) is 25.4. The first-order valence-corrected chi connectivity index (χ1v) is 15.0. The number of thiazole rings is 1. The highest BCUT2D eigenvalue weighted by Crippen LogP contribution is 2.31. The van der Waals surface area contributed by atoms with Crippen LogP contribution in [0.15, 0.2) is 124 Å². The van der Waals surface area contributed by atoms with Gasteiger partial charge in [-0.05, 0) is 66.6 Å². The average Bonchev–Trinajstić information content (AvgIpc) is 3.37. The minimum atomic E-state index is -0.690. The summed E-state index contributed by atoms with van der Waals surface area (Å²) in [5, 5.41) is 12.3. The lowest BCUT2D eigenvalue weighted by molar-refractivity contribution is -0.113. The molecule has 1 atom stereocenters. The first kappa shape index (κ1) is 29.4. The van der Waals surface area contributed by atoms with Crippen molar-refractivity contribution in [2.24, 2.45) is 4.99 Å². The lowest BCUT2D eigenvalue weighted by Crippen LogP contribution is -2.40. The molecule has 1 amide bonds. The van der Waals surface area contributed by atoms with Crippen LogP contribution in [0.3, 0.4) is 0 Å². The van der Waals surface area contributed by atoms with E-state index in [9.17, 15) is 14.9 Å². The quantitative estimate of drug-likeness (QED) is 0.255. The van der Waals surface area contributed by atoms with Gasteiger partial charge in [0.05, 0.1) is 40.6 Å². The zero-order chi connectivity index (χ0) is 31.3. The Morgan fingerprint density at radius 2 is 1.67 bits per heavy atom. The number of nitrogens with zero attached hydrogens (tertiary/aromatic N) is 3. The van der Waals surface area contributed by atoms with Gasteiger partial charge in [0.25, 0.3) is 11.5 Å². The molecule has 1 N–H and O–H groups in total. The number of carbonyl (C=O) groups is 1. The van der Waals surface area contributed by atoms with Gasteiger partial charge in [0, 0.05) is 11.3 Å². The van der Waals surface area contributed by atoms with Crippen molar-refractivity contribution in [1.82, 2.24) is 4.57 Å². The maximum Gasteiger partial charge on any atom is 0.271 e. The molecule has 5 aromatic rings. The largest absolute Gasteiger partial charge is 0.497 e. The van der Waals surface area contributed by atoms with E-state index in [1.807, 2.05) is 103 Å². The predicted molar refractivity (Wildman–Crippen MR) is 174 cm³/mol. The number of benzene rings is 4. The number of fused-ring (bicyclic) bond motifs is 1. The second kappa shape index (κ2) is 12.9. The van der Waals surface area contributed by atoms with Crippen LogP contribution in [0.1, 0.15) is 35.2 Å². The van der Waals surface area contributed by atoms with Gasteiger partial charge in [-0.25, -0.2) is 4.99 Å². The molecule has 222 valence electrons. The first-order chi connectivity index (χ1) is 21.9. The summed E-state index contributed by atoms with van der Waals surface area (Å²) in [6.07, 6.45) is 1.81. The summed E-state index contributed by atoms with van der Waals surface area (Å²) in [6.45, 7) is 2.06. The molecule has 1 aromatic heterocycles. The van der Waals surface area contributed by atoms with Crippen molar-refractivity contribution in [3.63, 3.8) is 0 Å². The van der Waals surface area contributed by atoms with Gasteiger partial charge in [0.1, 0.15) is 18.1 Å². The number of hydrogen-bond acceptors (Lipinski definition) is 7. The van der Waals surface area contributed by atoms with Crippen LogP contribution >= 0.6 is 11.3 Å². The molecular weight excluding hydrogens is 584 g/mol. The molecule has 2 heterocycles. The minimum Gasteiger partial charge on any atom is -0.497 e. The number of hydrogen-bond donors (Lipinski definition) is 1. The molecule has 6 rings (SSSR count). The van der Waals surface area contributed by atoms with E-state index in [0.717, 1.165) is 16.7 Å². The van der Waals surface area contributed by atoms with Crippen LogP contribution in [0.4, 0.5) is 5.69 Å². The summed E-state index contributed by atoms with van der Waals surface area (Å²) in [5.41, 5.74) is 4.29. The second-order valence-electron chi connectivity index (χ2n) is 10.3. The van der Waals surface area contributed by atoms with Crippen molar-refractivity contribution in [2.75, 3.05) is 12.4 Å². The highest BCUT2D eigenvalue weighted by molar-refractivity contribution is 7.07. The average molecular weight is 613 g/mol. The predicted octanol–water partition coefficient (Wildman–Crippen LogP) is 5.33. The lowest BCUT2D eigenvalue weighted by Gasteiger charge is -2.25. The number of nitrogens with one attached hydrogen (secondary N) is 1. The normalized spacial score (nSPS) is 14.2. The summed E-state index contributed by atoms with van der Waals surface area (Å²) in [7, 11) is 1.59. The van der Waals surface area contributed by atoms with E-state index in [-0.39, 0.29) is 18.1 Å². The highest BCUT2D eigenvalue weighted by Gasteiger charge is 2.32. The molecule has 1 aliphatic heterocycles. The molecule has 0 aliphatic carbocycles. The van der Waals surface area contributed by atoms with Crippen molar-refractivity contribution < 1.29 is 14.3 Å². The number of aromatic nitrogens is 1.